The van der Waals surface area contributed by atoms with Crippen molar-refractivity contribution in [1.82, 2.24) is 10.2 Å². The van der Waals surface area contributed by atoms with Crippen LogP contribution in [0.25, 0.3) is 0 Å². The molecule has 0 aromatic carbocycles. The van der Waals surface area contributed by atoms with Gasteiger partial charge < -0.3 is 30.1 Å². The number of likely N-dealkylation sites (N-methyl/N-ethyl adjacent to an activating group) is 1. The molecule has 3 saturated heterocycles. The van der Waals surface area contributed by atoms with Crippen molar-refractivity contribution in [1.29, 1.82) is 0 Å². The molecule has 0 aromatic heterocycles. The molecule has 8 nitrogen and oxygen atoms in total. The third kappa shape index (κ3) is 5.82. The van der Waals surface area contributed by atoms with Gasteiger partial charge >= 0.3 is 0 Å². The van der Waals surface area contributed by atoms with Crippen LogP contribution in [0, 0.1) is 17.8 Å². The summed E-state index contributed by atoms with van der Waals surface area (Å²) in [5.74, 6) is 2.22. The summed E-state index contributed by atoms with van der Waals surface area (Å²) in [5.41, 5.74) is -0.643. The van der Waals surface area contributed by atoms with E-state index in [9.17, 15) is 20.1 Å². The first-order chi connectivity index (χ1) is 16.3. The second kappa shape index (κ2) is 11.6. The molecular weight excluding hydrogens is 456 g/mol. The molecule has 4 rings (SSSR count). The van der Waals surface area contributed by atoms with Crippen LogP contribution in [-0.2, 0) is 14.3 Å². The van der Waals surface area contributed by atoms with Crippen molar-refractivity contribution in [3.05, 3.63) is 12.2 Å². The predicted molar refractivity (Wildman–Crippen MR) is 131 cm³/mol. The van der Waals surface area contributed by atoms with E-state index in [1.807, 2.05) is 13.1 Å². The molecule has 34 heavy (non-hydrogen) atoms. The third-order valence-electron chi connectivity index (χ3n) is 7.77. The van der Waals surface area contributed by atoms with E-state index in [0.29, 0.717) is 30.8 Å². The molecule has 3 fully saturated rings. The average molecular weight is 499 g/mol. The first-order valence-corrected chi connectivity index (χ1v) is 13.9. The second-order valence-corrected chi connectivity index (χ2v) is 12.1. The van der Waals surface area contributed by atoms with Gasteiger partial charge in [0.15, 0.2) is 0 Å². The van der Waals surface area contributed by atoms with Crippen molar-refractivity contribution in [3.8, 4) is 0 Å². The Balaban J connectivity index is 1.48. The van der Waals surface area contributed by atoms with Crippen LogP contribution in [0.15, 0.2) is 12.2 Å². The third-order valence-corrected chi connectivity index (χ3v) is 8.96. The Labute approximate surface area is 207 Å². The summed E-state index contributed by atoms with van der Waals surface area (Å²) in [6, 6.07) is -0.919. The number of amides is 1. The molecule has 194 valence electrons. The van der Waals surface area contributed by atoms with Crippen molar-refractivity contribution in [2.75, 3.05) is 26.0 Å². The van der Waals surface area contributed by atoms with Gasteiger partial charge in [-0.3, -0.25) is 9.69 Å². The zero-order valence-corrected chi connectivity index (χ0v) is 21.4. The molecule has 4 aliphatic heterocycles. The molecule has 0 aliphatic carbocycles. The normalized spacial score (nSPS) is 43.9. The quantitative estimate of drug-likeness (QED) is 0.427. The van der Waals surface area contributed by atoms with Gasteiger partial charge in [0.2, 0.25) is 5.91 Å². The maximum atomic E-state index is 13.6. The highest BCUT2D eigenvalue weighted by Crippen LogP contribution is 2.37. The topological polar surface area (TPSA) is 111 Å². The minimum atomic E-state index is -1.32. The van der Waals surface area contributed by atoms with E-state index in [-0.39, 0.29) is 12.0 Å². The van der Waals surface area contributed by atoms with Gasteiger partial charge in [0.25, 0.3) is 0 Å². The minimum absolute atomic E-state index is 0.131. The smallest absolute Gasteiger partial charge is 0.240 e. The predicted octanol–water partition coefficient (Wildman–Crippen LogP) is 1.13. The lowest BCUT2D eigenvalue weighted by Crippen LogP contribution is -2.63. The van der Waals surface area contributed by atoms with Gasteiger partial charge in [-0.1, -0.05) is 26.0 Å². The van der Waals surface area contributed by atoms with Gasteiger partial charge in [0.05, 0.1) is 12.1 Å². The van der Waals surface area contributed by atoms with Crippen LogP contribution in [0.3, 0.4) is 0 Å². The maximum Gasteiger partial charge on any atom is 0.240 e. The number of allylic oxidation sites excluding steroid dienone is 1. The number of nitrogens with one attached hydrogen (secondary N) is 1. The summed E-state index contributed by atoms with van der Waals surface area (Å²) in [6.45, 7) is 6.02. The SMILES string of the molecule is CC(C)C[C@@H]1CCO[C@@H]2[C@@H](C1)CN(C)[C@@H]2C(=O)N[C@@H]1CC=CCCS[C@H]2O[C@H]1[C@H](O)[C@H](O)[C@H]2O. The van der Waals surface area contributed by atoms with E-state index in [2.05, 4.69) is 30.1 Å². The molecule has 1 amide bonds. The van der Waals surface area contributed by atoms with Gasteiger partial charge in [-0.15, -0.1) is 11.8 Å². The van der Waals surface area contributed by atoms with Gasteiger partial charge in [0.1, 0.15) is 35.9 Å². The molecule has 0 aromatic rings. The monoisotopic (exact) mass is 498 g/mol. The summed E-state index contributed by atoms with van der Waals surface area (Å²) in [5, 5.41) is 34.7. The van der Waals surface area contributed by atoms with E-state index in [1.165, 1.54) is 18.2 Å². The van der Waals surface area contributed by atoms with E-state index in [1.54, 1.807) is 0 Å². The Kier molecular flexibility index (Phi) is 8.99. The Morgan fingerprint density at radius 3 is 2.74 bits per heavy atom. The number of thioether (sulfide) groups is 1. The summed E-state index contributed by atoms with van der Waals surface area (Å²) in [6.07, 6.45) is 3.92. The van der Waals surface area contributed by atoms with Crippen molar-refractivity contribution in [2.45, 2.75) is 94.0 Å². The van der Waals surface area contributed by atoms with Gasteiger partial charge in [-0.25, -0.2) is 0 Å². The highest BCUT2D eigenvalue weighted by molar-refractivity contribution is 7.99. The number of hydrogen-bond donors (Lipinski definition) is 4. The molecule has 9 heteroatoms. The molecule has 2 bridgehead atoms. The summed E-state index contributed by atoms with van der Waals surface area (Å²) >= 11 is 1.42. The Hall–Kier alpha value is -0.680. The molecule has 4 N–H and O–H groups in total. The molecular formula is C25H42N2O6S. The number of nitrogens with zero attached hydrogens (tertiary/aromatic N) is 1. The number of fused-ring (bicyclic) bond motifs is 3. The number of hydrogen-bond acceptors (Lipinski definition) is 8. The van der Waals surface area contributed by atoms with Crippen molar-refractivity contribution < 1.29 is 29.6 Å². The van der Waals surface area contributed by atoms with Crippen LogP contribution in [0.1, 0.15) is 46.0 Å². The maximum absolute atomic E-state index is 13.6. The molecule has 4 aliphatic rings. The summed E-state index contributed by atoms with van der Waals surface area (Å²) < 4.78 is 12.3. The van der Waals surface area contributed by atoms with Crippen LogP contribution in [0.4, 0.5) is 0 Å². The van der Waals surface area contributed by atoms with Crippen molar-refractivity contribution in [2.24, 2.45) is 17.8 Å². The zero-order valence-electron chi connectivity index (χ0n) is 20.6. The number of rotatable bonds is 4. The van der Waals surface area contributed by atoms with Crippen molar-refractivity contribution >= 4 is 17.7 Å². The largest absolute Gasteiger partial charge is 0.388 e. The fourth-order valence-electron chi connectivity index (χ4n) is 6.18. The lowest BCUT2D eigenvalue weighted by molar-refractivity contribution is -0.205. The van der Waals surface area contributed by atoms with E-state index >= 15 is 0 Å². The standard InChI is InChI=1S/C25H42N2O6S/c1-14(2)11-15-8-9-32-22-16(12-15)13-27(3)18(22)24(31)26-17-7-5-4-6-10-34-25-21(30)19(28)20(29)23(17)33-25/h4-5,14-23,25,28-30H,6-13H2,1-3H3,(H,26,31)/t15-,16-,17+,18-,19-,20+,21+,22+,23+,25+/m0/s1. The molecule has 4 heterocycles. The first kappa shape index (κ1) is 26.4. The van der Waals surface area contributed by atoms with Gasteiger partial charge in [0, 0.05) is 19.1 Å². The lowest BCUT2D eigenvalue weighted by atomic mass is 9.85. The van der Waals surface area contributed by atoms with E-state index in [0.717, 1.165) is 31.6 Å². The van der Waals surface area contributed by atoms with Crippen LogP contribution in [0.5, 0.6) is 0 Å². The number of aliphatic hydroxyl groups excluding tert-OH is 3. The van der Waals surface area contributed by atoms with E-state index < -0.39 is 41.9 Å². The highest BCUT2D eigenvalue weighted by Gasteiger charge is 2.50. The van der Waals surface area contributed by atoms with Crippen LogP contribution >= 0.6 is 11.8 Å². The summed E-state index contributed by atoms with van der Waals surface area (Å²) in [4.78, 5) is 15.7. The summed E-state index contributed by atoms with van der Waals surface area (Å²) in [7, 11) is 1.98. The molecule has 0 unspecified atom stereocenters. The number of likely N-dealkylation sites (tertiary alicyclic amines) is 1. The van der Waals surface area contributed by atoms with Gasteiger partial charge in [-0.2, -0.15) is 0 Å². The van der Waals surface area contributed by atoms with Gasteiger partial charge in [-0.05, 0) is 56.7 Å². The Morgan fingerprint density at radius 2 is 1.97 bits per heavy atom. The van der Waals surface area contributed by atoms with E-state index in [4.69, 9.17) is 9.47 Å². The second-order valence-electron chi connectivity index (χ2n) is 10.9. The van der Waals surface area contributed by atoms with Crippen LogP contribution < -0.4 is 5.32 Å². The Morgan fingerprint density at radius 1 is 1.18 bits per heavy atom. The number of ether oxygens (including phenoxy) is 2. The minimum Gasteiger partial charge on any atom is -0.388 e. The van der Waals surface area contributed by atoms with Crippen LogP contribution in [-0.4, -0.2) is 100 Å². The fraction of sp³-hybridized carbons (Fsp3) is 0.880. The van der Waals surface area contributed by atoms with Crippen molar-refractivity contribution in [3.63, 3.8) is 0 Å². The average Bonchev–Trinajstić information content (AvgIpc) is 2.96. The fourth-order valence-corrected chi connectivity index (χ4v) is 7.25. The molecule has 10 atom stereocenters. The molecule has 0 radical (unpaired) electrons. The number of aliphatic hydroxyl groups is 3. The molecule has 0 spiro atoms. The number of carbonyl (C=O) groups excluding carboxylic acids is 1. The zero-order chi connectivity index (χ0) is 24.4. The Bertz CT molecular complexity index is 724. The number of carbonyl (C=O) groups is 1. The lowest BCUT2D eigenvalue weighted by Gasteiger charge is -2.44. The molecule has 0 saturated carbocycles. The van der Waals surface area contributed by atoms with Crippen LogP contribution in [0.2, 0.25) is 0 Å². The first-order valence-electron chi connectivity index (χ1n) is 12.8. The highest BCUT2D eigenvalue weighted by atomic mass is 32.2.